The molecule has 0 aliphatic carbocycles. The first-order valence-corrected chi connectivity index (χ1v) is 11.5. The van der Waals surface area contributed by atoms with E-state index in [1.54, 1.807) is 24.3 Å². The van der Waals surface area contributed by atoms with Crippen LogP contribution in [0.25, 0.3) is 0 Å². The molecule has 0 unspecified atom stereocenters. The number of hydrogen-bond donors (Lipinski definition) is 1. The average molecular weight is 421 g/mol. The summed E-state index contributed by atoms with van der Waals surface area (Å²) in [6, 6.07) is 14.5. The molecule has 1 fully saturated rings. The monoisotopic (exact) mass is 420 g/mol. The van der Waals surface area contributed by atoms with Gasteiger partial charge in [0, 0.05) is 23.8 Å². The Hall–Kier alpha value is -1.89. The molecule has 1 heterocycles. The highest BCUT2D eigenvalue weighted by Crippen LogP contribution is 2.24. The number of piperidine rings is 1. The molecule has 3 rings (SSSR count). The van der Waals surface area contributed by atoms with Gasteiger partial charge in [-0.3, -0.25) is 4.79 Å². The molecular formula is C21H25ClN2O3S. The molecule has 5 nitrogen and oxygen atoms in total. The summed E-state index contributed by atoms with van der Waals surface area (Å²) in [5.41, 5.74) is 2.56. The second-order valence-electron chi connectivity index (χ2n) is 7.08. The molecule has 1 saturated heterocycles. The van der Waals surface area contributed by atoms with Crippen molar-refractivity contribution < 1.29 is 13.2 Å². The zero-order valence-corrected chi connectivity index (χ0v) is 17.5. The summed E-state index contributed by atoms with van der Waals surface area (Å²) in [6.45, 7) is 2.71. The van der Waals surface area contributed by atoms with Crippen molar-refractivity contribution in [1.82, 2.24) is 4.31 Å². The van der Waals surface area contributed by atoms with Crippen molar-refractivity contribution in [3.05, 3.63) is 64.7 Å². The predicted molar refractivity (Wildman–Crippen MR) is 113 cm³/mol. The van der Waals surface area contributed by atoms with Crippen LogP contribution in [0.2, 0.25) is 5.02 Å². The Morgan fingerprint density at radius 2 is 1.89 bits per heavy atom. The molecule has 150 valence electrons. The maximum absolute atomic E-state index is 12.8. The van der Waals surface area contributed by atoms with Crippen LogP contribution in [-0.2, 0) is 27.0 Å². The van der Waals surface area contributed by atoms with Crippen LogP contribution >= 0.6 is 11.6 Å². The van der Waals surface area contributed by atoms with E-state index >= 15 is 0 Å². The summed E-state index contributed by atoms with van der Waals surface area (Å²) in [5, 5.41) is 3.56. The molecule has 2 aromatic carbocycles. The fourth-order valence-corrected chi connectivity index (χ4v) is 5.21. The number of sulfonamides is 1. The van der Waals surface area contributed by atoms with Gasteiger partial charge in [0.15, 0.2) is 0 Å². The van der Waals surface area contributed by atoms with E-state index in [2.05, 4.69) is 5.32 Å². The van der Waals surface area contributed by atoms with Crippen LogP contribution in [0.1, 0.15) is 30.9 Å². The van der Waals surface area contributed by atoms with Gasteiger partial charge in [0.05, 0.1) is 11.7 Å². The fourth-order valence-electron chi connectivity index (χ4n) is 3.48. The van der Waals surface area contributed by atoms with Gasteiger partial charge in [-0.1, -0.05) is 48.9 Å². The molecular weight excluding hydrogens is 396 g/mol. The summed E-state index contributed by atoms with van der Waals surface area (Å²) in [6.07, 6.45) is 2.18. The molecule has 1 atom stereocenters. The van der Waals surface area contributed by atoms with Crippen LogP contribution in [-0.4, -0.2) is 31.7 Å². The van der Waals surface area contributed by atoms with E-state index in [1.165, 1.54) is 4.31 Å². The van der Waals surface area contributed by atoms with Gasteiger partial charge in [-0.15, -0.1) is 0 Å². The van der Waals surface area contributed by atoms with Crippen LogP contribution in [0.15, 0.2) is 48.5 Å². The zero-order chi connectivity index (χ0) is 20.1. The zero-order valence-electron chi connectivity index (χ0n) is 15.9. The van der Waals surface area contributed by atoms with Gasteiger partial charge in [-0.2, -0.15) is 0 Å². The van der Waals surface area contributed by atoms with Gasteiger partial charge in [0.1, 0.15) is 0 Å². The number of para-hydroxylation sites is 1. The number of nitrogens with zero attached hydrogens (tertiary/aromatic N) is 1. The number of carbonyl (C=O) groups excluding carboxylic acids is 1. The summed E-state index contributed by atoms with van der Waals surface area (Å²) in [7, 11) is -3.49. The third-order valence-corrected chi connectivity index (χ3v) is 7.14. The van der Waals surface area contributed by atoms with Gasteiger partial charge in [-0.25, -0.2) is 12.7 Å². The maximum Gasteiger partial charge on any atom is 0.228 e. The number of anilines is 1. The molecule has 2 aromatic rings. The van der Waals surface area contributed by atoms with Crippen molar-refractivity contribution >= 4 is 33.2 Å². The lowest BCUT2D eigenvalue weighted by Crippen LogP contribution is -2.44. The van der Waals surface area contributed by atoms with Crippen LogP contribution < -0.4 is 5.32 Å². The molecule has 0 bridgehead atoms. The Balaban J connectivity index is 1.67. The quantitative estimate of drug-likeness (QED) is 0.765. The van der Waals surface area contributed by atoms with Gasteiger partial charge >= 0.3 is 0 Å². The van der Waals surface area contributed by atoms with E-state index in [4.69, 9.17) is 11.6 Å². The van der Waals surface area contributed by atoms with E-state index in [0.29, 0.717) is 30.0 Å². The average Bonchev–Trinajstić information content (AvgIpc) is 2.70. The molecule has 1 amide bonds. The number of amides is 1. The highest BCUT2D eigenvalue weighted by atomic mass is 35.5. The summed E-state index contributed by atoms with van der Waals surface area (Å²) in [5.74, 6) is -0.553. The molecule has 28 heavy (non-hydrogen) atoms. The van der Waals surface area contributed by atoms with Crippen molar-refractivity contribution in [3.63, 3.8) is 0 Å². The van der Waals surface area contributed by atoms with E-state index in [9.17, 15) is 13.2 Å². The summed E-state index contributed by atoms with van der Waals surface area (Å²) < 4.78 is 27.1. The van der Waals surface area contributed by atoms with E-state index in [0.717, 1.165) is 17.7 Å². The molecule has 1 aliphatic heterocycles. The lowest BCUT2D eigenvalue weighted by atomic mass is 9.98. The largest absolute Gasteiger partial charge is 0.326 e. The second kappa shape index (κ2) is 9.07. The van der Waals surface area contributed by atoms with Crippen LogP contribution in [0.3, 0.4) is 0 Å². The number of aryl methyl sites for hydroxylation is 1. The molecule has 1 N–H and O–H groups in total. The van der Waals surface area contributed by atoms with Gasteiger partial charge in [-0.05, 0) is 48.6 Å². The Bertz CT molecular complexity index is 929. The second-order valence-corrected chi connectivity index (χ2v) is 9.49. The highest BCUT2D eigenvalue weighted by molar-refractivity contribution is 7.88. The van der Waals surface area contributed by atoms with E-state index < -0.39 is 10.0 Å². The number of halogens is 1. The smallest absolute Gasteiger partial charge is 0.228 e. The van der Waals surface area contributed by atoms with Gasteiger partial charge in [0.25, 0.3) is 0 Å². The first-order chi connectivity index (χ1) is 13.4. The highest BCUT2D eigenvalue weighted by Gasteiger charge is 2.32. The lowest BCUT2D eigenvalue weighted by Gasteiger charge is -2.31. The van der Waals surface area contributed by atoms with E-state index in [-0.39, 0.29) is 24.1 Å². The summed E-state index contributed by atoms with van der Waals surface area (Å²) in [4.78, 5) is 12.8. The molecule has 0 radical (unpaired) electrons. The number of rotatable bonds is 6. The van der Waals surface area contributed by atoms with E-state index in [1.807, 2.05) is 31.2 Å². The predicted octanol–water partition coefficient (Wildman–Crippen LogP) is 4.08. The fraction of sp³-hybridized carbons (Fsp3) is 0.381. The molecule has 0 spiro atoms. The molecule has 0 saturated carbocycles. The van der Waals surface area contributed by atoms with Crippen molar-refractivity contribution in [1.29, 1.82) is 0 Å². The minimum Gasteiger partial charge on any atom is -0.326 e. The molecule has 0 aromatic heterocycles. The van der Waals surface area contributed by atoms with Crippen LogP contribution in [0.5, 0.6) is 0 Å². The molecule has 1 aliphatic rings. The third-order valence-electron chi connectivity index (χ3n) is 5.07. The topological polar surface area (TPSA) is 66.5 Å². The van der Waals surface area contributed by atoms with Crippen LogP contribution in [0, 0.1) is 5.92 Å². The van der Waals surface area contributed by atoms with Crippen molar-refractivity contribution in [2.75, 3.05) is 18.4 Å². The Morgan fingerprint density at radius 1 is 1.18 bits per heavy atom. The SMILES string of the molecule is CCc1ccccc1NC(=O)[C@H]1CCCN(S(=O)(=O)Cc2ccc(Cl)cc2)C1. The Kier molecular flexibility index (Phi) is 6.75. The Morgan fingerprint density at radius 3 is 2.61 bits per heavy atom. The number of nitrogens with one attached hydrogen (secondary N) is 1. The maximum atomic E-state index is 12.8. The van der Waals surface area contributed by atoms with Crippen molar-refractivity contribution in [2.45, 2.75) is 31.9 Å². The van der Waals surface area contributed by atoms with Gasteiger partial charge < -0.3 is 5.32 Å². The molecule has 7 heteroatoms. The first kappa shape index (κ1) is 20.8. The van der Waals surface area contributed by atoms with Crippen LogP contribution in [0.4, 0.5) is 5.69 Å². The third kappa shape index (κ3) is 5.13. The normalized spacial score (nSPS) is 18.0. The Labute approximate surface area is 171 Å². The number of carbonyl (C=O) groups is 1. The summed E-state index contributed by atoms with van der Waals surface area (Å²) >= 11 is 5.87. The van der Waals surface area contributed by atoms with Crippen molar-refractivity contribution in [2.24, 2.45) is 5.92 Å². The number of benzene rings is 2. The van der Waals surface area contributed by atoms with Crippen molar-refractivity contribution in [3.8, 4) is 0 Å². The standard InChI is InChI=1S/C21H25ClN2O3S/c1-2-17-6-3-4-8-20(17)23-21(25)18-7-5-13-24(14-18)28(26,27)15-16-9-11-19(22)12-10-16/h3-4,6,8-12,18H,2,5,7,13-15H2,1H3,(H,23,25)/t18-/m0/s1. The number of hydrogen-bond acceptors (Lipinski definition) is 3. The lowest BCUT2D eigenvalue weighted by molar-refractivity contribution is -0.120. The minimum atomic E-state index is -3.49. The first-order valence-electron chi connectivity index (χ1n) is 9.50. The van der Waals surface area contributed by atoms with Gasteiger partial charge in [0.2, 0.25) is 15.9 Å². The minimum absolute atomic E-state index is 0.0861.